The Hall–Kier alpha value is -1.55. The van der Waals surface area contributed by atoms with Gasteiger partial charge in [0.2, 0.25) is 5.91 Å². The molecule has 1 heterocycles. The molecule has 1 fully saturated rings. The summed E-state index contributed by atoms with van der Waals surface area (Å²) in [5.41, 5.74) is 0.393. The second kappa shape index (κ2) is 6.69. The van der Waals surface area contributed by atoms with Crippen molar-refractivity contribution in [2.45, 2.75) is 50.5 Å². The summed E-state index contributed by atoms with van der Waals surface area (Å²) in [6, 6.07) is 7.92. The molecule has 2 aliphatic rings. The fourth-order valence-corrected chi connectivity index (χ4v) is 3.50. The maximum atomic E-state index is 12.5. The molecular weight excluding hydrogens is 278 g/mol. The molecule has 0 spiro atoms. The smallest absolute Gasteiger partial charge is 0.223 e. The topological polar surface area (TPSA) is 58.6 Å². The fraction of sp³-hybridized carbons (Fsp3) is 0.611. The van der Waals surface area contributed by atoms with Crippen molar-refractivity contribution in [3.8, 4) is 5.75 Å². The van der Waals surface area contributed by atoms with Crippen molar-refractivity contribution in [2.75, 3.05) is 13.2 Å². The normalized spacial score (nSPS) is 23.8. The summed E-state index contributed by atoms with van der Waals surface area (Å²) in [6.07, 6.45) is 6.31. The predicted molar refractivity (Wildman–Crippen MR) is 84.8 cm³/mol. The Balaban J connectivity index is 1.58. The SMILES string of the molecule is O=C(NCC1(O)CCCCC1)[C@H]1CCOc2ccccc2C1. The molecule has 3 rings (SSSR count). The molecule has 0 bridgehead atoms. The van der Waals surface area contributed by atoms with Gasteiger partial charge in [-0.05, 0) is 37.3 Å². The molecule has 1 amide bonds. The third kappa shape index (κ3) is 3.61. The van der Waals surface area contributed by atoms with Gasteiger partial charge in [-0.15, -0.1) is 0 Å². The first-order valence-electron chi connectivity index (χ1n) is 8.37. The molecule has 4 nitrogen and oxygen atoms in total. The molecule has 1 aromatic carbocycles. The van der Waals surface area contributed by atoms with E-state index >= 15 is 0 Å². The van der Waals surface area contributed by atoms with E-state index in [2.05, 4.69) is 5.32 Å². The van der Waals surface area contributed by atoms with Gasteiger partial charge in [0.25, 0.3) is 0 Å². The van der Waals surface area contributed by atoms with Gasteiger partial charge in [-0.1, -0.05) is 37.5 Å². The number of hydrogen-bond acceptors (Lipinski definition) is 3. The first-order chi connectivity index (χ1) is 10.7. The Bertz CT molecular complexity index is 523. The molecule has 4 heteroatoms. The van der Waals surface area contributed by atoms with E-state index < -0.39 is 5.60 Å². The Morgan fingerprint density at radius 1 is 1.27 bits per heavy atom. The minimum Gasteiger partial charge on any atom is -0.493 e. The van der Waals surface area contributed by atoms with Crippen LogP contribution in [0.25, 0.3) is 0 Å². The van der Waals surface area contributed by atoms with Crippen LogP contribution in [0.1, 0.15) is 44.1 Å². The minimum absolute atomic E-state index is 0.0410. The first-order valence-corrected chi connectivity index (χ1v) is 8.37. The molecule has 0 saturated heterocycles. The number of rotatable bonds is 3. The number of benzene rings is 1. The monoisotopic (exact) mass is 303 g/mol. The molecule has 120 valence electrons. The molecule has 1 saturated carbocycles. The Morgan fingerprint density at radius 2 is 2.05 bits per heavy atom. The van der Waals surface area contributed by atoms with Gasteiger partial charge < -0.3 is 15.2 Å². The summed E-state index contributed by atoms with van der Waals surface area (Å²) in [5, 5.41) is 13.5. The van der Waals surface area contributed by atoms with Crippen LogP contribution in [0.3, 0.4) is 0 Å². The standard InChI is InChI=1S/C18H25NO3/c20-17(19-13-18(21)9-4-1-5-10-18)15-8-11-22-16-7-3-2-6-14(16)12-15/h2-3,6-7,15,21H,1,4-5,8-13H2,(H,19,20)/t15-/m0/s1. The third-order valence-electron chi connectivity index (χ3n) is 4.91. The molecule has 1 atom stereocenters. The summed E-state index contributed by atoms with van der Waals surface area (Å²) in [7, 11) is 0. The van der Waals surface area contributed by atoms with Gasteiger partial charge in [0.1, 0.15) is 5.75 Å². The Morgan fingerprint density at radius 3 is 2.86 bits per heavy atom. The average Bonchev–Trinajstić information content (AvgIpc) is 2.76. The average molecular weight is 303 g/mol. The number of carbonyl (C=O) groups excluding carboxylic acids is 1. The number of amides is 1. The van der Waals surface area contributed by atoms with E-state index in [4.69, 9.17) is 4.74 Å². The van der Waals surface area contributed by atoms with Crippen molar-refractivity contribution in [1.29, 1.82) is 0 Å². The van der Waals surface area contributed by atoms with E-state index in [1.165, 1.54) is 6.42 Å². The van der Waals surface area contributed by atoms with Crippen molar-refractivity contribution in [2.24, 2.45) is 5.92 Å². The maximum Gasteiger partial charge on any atom is 0.223 e. The quantitative estimate of drug-likeness (QED) is 0.901. The van der Waals surface area contributed by atoms with Crippen molar-refractivity contribution in [3.05, 3.63) is 29.8 Å². The molecule has 0 unspecified atom stereocenters. The number of aliphatic hydroxyl groups is 1. The van der Waals surface area contributed by atoms with Gasteiger partial charge >= 0.3 is 0 Å². The number of ether oxygens (including phenoxy) is 1. The zero-order valence-corrected chi connectivity index (χ0v) is 13.0. The van der Waals surface area contributed by atoms with Gasteiger partial charge in [-0.25, -0.2) is 0 Å². The fourth-order valence-electron chi connectivity index (χ4n) is 3.50. The summed E-state index contributed by atoms with van der Waals surface area (Å²) in [6.45, 7) is 0.949. The summed E-state index contributed by atoms with van der Waals surface area (Å²) in [5.74, 6) is 0.860. The van der Waals surface area contributed by atoms with Crippen molar-refractivity contribution >= 4 is 5.91 Å². The van der Waals surface area contributed by atoms with Gasteiger partial charge in [-0.3, -0.25) is 4.79 Å². The lowest BCUT2D eigenvalue weighted by Crippen LogP contribution is -2.46. The molecule has 0 radical (unpaired) electrons. The van der Waals surface area contributed by atoms with Crippen molar-refractivity contribution in [3.63, 3.8) is 0 Å². The van der Waals surface area contributed by atoms with Gasteiger partial charge in [0.15, 0.2) is 0 Å². The van der Waals surface area contributed by atoms with Crippen LogP contribution in [-0.4, -0.2) is 29.8 Å². The zero-order chi connectivity index (χ0) is 15.4. The largest absolute Gasteiger partial charge is 0.493 e. The van der Waals surface area contributed by atoms with E-state index in [0.29, 0.717) is 19.6 Å². The predicted octanol–water partition coefficient (Wildman–Crippen LogP) is 2.44. The molecule has 22 heavy (non-hydrogen) atoms. The number of hydrogen-bond donors (Lipinski definition) is 2. The van der Waals surface area contributed by atoms with Crippen molar-refractivity contribution < 1.29 is 14.6 Å². The van der Waals surface area contributed by atoms with E-state index in [-0.39, 0.29) is 11.8 Å². The van der Waals surface area contributed by atoms with Crippen LogP contribution in [0.5, 0.6) is 5.75 Å². The summed E-state index contributed by atoms with van der Waals surface area (Å²) >= 11 is 0. The second-order valence-electron chi connectivity index (χ2n) is 6.65. The van der Waals surface area contributed by atoms with Crippen LogP contribution in [0.15, 0.2) is 24.3 Å². The van der Waals surface area contributed by atoms with Gasteiger partial charge in [0.05, 0.1) is 12.2 Å². The first kappa shape index (κ1) is 15.3. The highest BCUT2D eigenvalue weighted by Crippen LogP contribution is 2.29. The lowest BCUT2D eigenvalue weighted by atomic mass is 9.84. The molecule has 0 aromatic heterocycles. The van der Waals surface area contributed by atoms with Crippen LogP contribution in [0, 0.1) is 5.92 Å². The summed E-state index contributed by atoms with van der Waals surface area (Å²) in [4.78, 5) is 12.5. The zero-order valence-electron chi connectivity index (χ0n) is 13.0. The van der Waals surface area contributed by atoms with Crippen LogP contribution >= 0.6 is 0 Å². The van der Waals surface area contributed by atoms with E-state index in [1.807, 2.05) is 24.3 Å². The van der Waals surface area contributed by atoms with Gasteiger partial charge in [0, 0.05) is 12.5 Å². The highest BCUT2D eigenvalue weighted by Gasteiger charge is 2.31. The number of fused-ring (bicyclic) bond motifs is 1. The summed E-state index contributed by atoms with van der Waals surface area (Å²) < 4.78 is 5.71. The van der Waals surface area contributed by atoms with Crippen LogP contribution in [0.2, 0.25) is 0 Å². The van der Waals surface area contributed by atoms with Crippen molar-refractivity contribution in [1.82, 2.24) is 5.32 Å². The highest BCUT2D eigenvalue weighted by molar-refractivity contribution is 5.79. The van der Waals surface area contributed by atoms with Crippen LogP contribution < -0.4 is 10.1 Å². The van der Waals surface area contributed by atoms with Crippen LogP contribution in [-0.2, 0) is 11.2 Å². The Labute approximate surface area is 131 Å². The van der Waals surface area contributed by atoms with Gasteiger partial charge in [-0.2, -0.15) is 0 Å². The molecule has 2 N–H and O–H groups in total. The molecule has 1 aromatic rings. The molecule has 1 aliphatic carbocycles. The van der Waals surface area contributed by atoms with E-state index in [0.717, 1.165) is 43.4 Å². The second-order valence-corrected chi connectivity index (χ2v) is 6.65. The lowest BCUT2D eigenvalue weighted by molar-refractivity contribution is -0.127. The van der Waals surface area contributed by atoms with Crippen LogP contribution in [0.4, 0.5) is 0 Å². The third-order valence-corrected chi connectivity index (χ3v) is 4.91. The number of nitrogens with one attached hydrogen (secondary N) is 1. The Kier molecular flexibility index (Phi) is 4.67. The number of carbonyl (C=O) groups is 1. The molecule has 1 aliphatic heterocycles. The number of para-hydroxylation sites is 1. The van der Waals surface area contributed by atoms with E-state index in [9.17, 15) is 9.90 Å². The minimum atomic E-state index is -0.701. The molecular formula is C18H25NO3. The van der Waals surface area contributed by atoms with E-state index in [1.54, 1.807) is 0 Å². The maximum absolute atomic E-state index is 12.5. The lowest BCUT2D eigenvalue weighted by Gasteiger charge is -2.32. The highest BCUT2D eigenvalue weighted by atomic mass is 16.5.